The zero-order valence-corrected chi connectivity index (χ0v) is 16.2. The van der Waals surface area contributed by atoms with Crippen molar-refractivity contribution in [2.75, 3.05) is 25.5 Å². The maximum absolute atomic E-state index is 12.5. The first-order valence-electron chi connectivity index (χ1n) is 8.31. The van der Waals surface area contributed by atoms with Crippen molar-refractivity contribution >= 4 is 29.9 Å². The Labute approximate surface area is 159 Å². The molecular weight excluding hydrogens is 365 g/mol. The molecule has 2 heterocycles. The lowest BCUT2D eigenvalue weighted by atomic mass is 9.86. The molecule has 0 spiro atoms. The highest BCUT2D eigenvalue weighted by molar-refractivity contribution is 6.27. The third-order valence-corrected chi connectivity index (χ3v) is 4.86. The fourth-order valence-corrected chi connectivity index (χ4v) is 3.44. The van der Waals surface area contributed by atoms with Crippen LogP contribution in [-0.2, 0) is 11.8 Å². The van der Waals surface area contributed by atoms with E-state index in [1.54, 1.807) is 18.0 Å². The Balaban J connectivity index is 0.00000312. The molecule has 2 atom stereocenters. The number of rotatable bonds is 6. The van der Waals surface area contributed by atoms with Gasteiger partial charge in [0.1, 0.15) is 5.88 Å². The first kappa shape index (κ1) is 21.9. The van der Waals surface area contributed by atoms with Crippen LogP contribution in [0.4, 0.5) is 0 Å². The van der Waals surface area contributed by atoms with E-state index in [0.717, 1.165) is 25.9 Å². The van der Waals surface area contributed by atoms with Gasteiger partial charge in [-0.05, 0) is 44.8 Å². The van der Waals surface area contributed by atoms with Crippen LogP contribution in [0.2, 0.25) is 0 Å². The van der Waals surface area contributed by atoms with Crippen LogP contribution in [-0.4, -0.2) is 52.1 Å². The number of nitrogens with zero attached hydrogens (tertiary/aromatic N) is 3. The molecule has 1 aromatic rings. The molecule has 0 bridgehead atoms. The van der Waals surface area contributed by atoms with Gasteiger partial charge in [-0.2, -0.15) is 5.10 Å². The van der Waals surface area contributed by atoms with Gasteiger partial charge in [0.25, 0.3) is 5.56 Å². The molecule has 0 radical (unpaired) electrons. The van der Waals surface area contributed by atoms with E-state index < -0.39 is 0 Å². The molecule has 9 heteroatoms. The average Bonchev–Trinajstić information content (AvgIpc) is 2.61. The summed E-state index contributed by atoms with van der Waals surface area (Å²) in [6.07, 6.45) is 1.86. The van der Waals surface area contributed by atoms with Gasteiger partial charge in [-0.15, -0.1) is 24.0 Å². The van der Waals surface area contributed by atoms with Crippen LogP contribution in [0, 0.1) is 5.92 Å². The highest BCUT2D eigenvalue weighted by Gasteiger charge is 2.36. The Bertz CT molecular complexity index is 619. The van der Waals surface area contributed by atoms with Crippen LogP contribution in [0.5, 0.6) is 0 Å². The molecule has 2 rings (SSSR count). The first-order chi connectivity index (χ1) is 11.5. The largest absolute Gasteiger partial charge is 0.329 e. The van der Waals surface area contributed by atoms with Gasteiger partial charge < -0.3 is 16.0 Å². The molecule has 142 valence electrons. The smallest absolute Gasteiger partial charge is 0.266 e. The number of nitrogens with two attached hydrogens (primary N) is 1. The van der Waals surface area contributed by atoms with Crippen LogP contribution in [0.1, 0.15) is 31.5 Å². The van der Waals surface area contributed by atoms with Crippen molar-refractivity contribution in [3.63, 3.8) is 0 Å². The van der Waals surface area contributed by atoms with Gasteiger partial charge in [0.05, 0.1) is 11.7 Å². The molecule has 0 saturated carbocycles. The minimum absolute atomic E-state index is 0. The SMILES string of the molecule is C[C@@H](CN)N(C(=O)CCl)C(c1ccc(=O)n(C)n1)C1CCNCC1.Cl. The number of aromatic nitrogens is 2. The van der Waals surface area contributed by atoms with Gasteiger partial charge in [-0.3, -0.25) is 9.59 Å². The third kappa shape index (κ3) is 5.17. The summed E-state index contributed by atoms with van der Waals surface area (Å²) in [5.74, 6) is -0.0105. The van der Waals surface area contributed by atoms with E-state index in [9.17, 15) is 9.59 Å². The molecule has 1 aliphatic rings. The van der Waals surface area contributed by atoms with Gasteiger partial charge in [0, 0.05) is 25.7 Å². The van der Waals surface area contributed by atoms with Crippen molar-refractivity contribution in [3.05, 3.63) is 28.2 Å². The molecule has 0 aromatic carbocycles. The Kier molecular flexibility index (Phi) is 8.85. The summed E-state index contributed by atoms with van der Waals surface area (Å²) in [7, 11) is 1.62. The molecule has 1 saturated heterocycles. The number of carbonyl (C=O) groups excluding carboxylic acids is 1. The maximum atomic E-state index is 12.5. The highest BCUT2D eigenvalue weighted by atomic mass is 35.5. The van der Waals surface area contributed by atoms with E-state index in [-0.39, 0.29) is 47.8 Å². The van der Waals surface area contributed by atoms with Crippen LogP contribution >= 0.6 is 24.0 Å². The second kappa shape index (κ2) is 10.1. The van der Waals surface area contributed by atoms with Gasteiger partial charge >= 0.3 is 0 Å². The van der Waals surface area contributed by atoms with Crippen molar-refractivity contribution in [1.82, 2.24) is 20.0 Å². The van der Waals surface area contributed by atoms with E-state index in [4.69, 9.17) is 17.3 Å². The lowest BCUT2D eigenvalue weighted by Crippen LogP contribution is -2.49. The minimum atomic E-state index is -0.233. The molecule has 3 N–H and O–H groups in total. The number of carbonyl (C=O) groups is 1. The Hall–Kier alpha value is -1.15. The van der Waals surface area contributed by atoms with Crippen molar-refractivity contribution in [2.45, 2.75) is 31.8 Å². The van der Waals surface area contributed by atoms with E-state index in [0.29, 0.717) is 12.2 Å². The molecule has 1 fully saturated rings. The quantitative estimate of drug-likeness (QED) is 0.694. The van der Waals surface area contributed by atoms with Crippen LogP contribution in [0.3, 0.4) is 0 Å². The Morgan fingerprint density at radius 1 is 1.48 bits per heavy atom. The van der Waals surface area contributed by atoms with Gasteiger partial charge in [0.15, 0.2) is 0 Å². The number of alkyl halides is 1. The molecule has 0 aliphatic carbocycles. The summed E-state index contributed by atoms with van der Waals surface area (Å²) in [6.45, 7) is 4.05. The number of aryl methyl sites for hydroxylation is 1. The monoisotopic (exact) mass is 391 g/mol. The number of halogens is 2. The molecule has 7 nitrogen and oxygen atoms in total. The fraction of sp³-hybridized carbons (Fsp3) is 0.688. The summed E-state index contributed by atoms with van der Waals surface area (Å²) < 4.78 is 1.31. The number of amides is 1. The predicted molar refractivity (Wildman–Crippen MR) is 101 cm³/mol. The minimum Gasteiger partial charge on any atom is -0.329 e. The van der Waals surface area contributed by atoms with E-state index in [1.165, 1.54) is 10.7 Å². The van der Waals surface area contributed by atoms with E-state index >= 15 is 0 Å². The van der Waals surface area contributed by atoms with Crippen molar-refractivity contribution in [1.29, 1.82) is 0 Å². The summed E-state index contributed by atoms with van der Waals surface area (Å²) >= 11 is 5.85. The number of piperidine rings is 1. The number of nitrogens with one attached hydrogen (secondary N) is 1. The van der Waals surface area contributed by atoms with E-state index in [1.807, 2.05) is 6.92 Å². The summed E-state index contributed by atoms with van der Waals surface area (Å²) in [5, 5.41) is 7.75. The van der Waals surface area contributed by atoms with Crippen molar-refractivity contribution < 1.29 is 4.79 Å². The predicted octanol–water partition coefficient (Wildman–Crippen LogP) is 0.657. The first-order valence-corrected chi connectivity index (χ1v) is 8.85. The number of hydrogen-bond donors (Lipinski definition) is 2. The summed E-state index contributed by atoms with van der Waals surface area (Å²) in [4.78, 5) is 26.0. The van der Waals surface area contributed by atoms with E-state index in [2.05, 4.69) is 10.4 Å². The molecule has 1 aliphatic heterocycles. The molecule has 1 aromatic heterocycles. The third-order valence-electron chi connectivity index (χ3n) is 4.63. The topological polar surface area (TPSA) is 93.2 Å². The highest BCUT2D eigenvalue weighted by Crippen LogP contribution is 2.34. The molecule has 25 heavy (non-hydrogen) atoms. The fourth-order valence-electron chi connectivity index (χ4n) is 3.31. The van der Waals surface area contributed by atoms with Crippen LogP contribution in [0.15, 0.2) is 16.9 Å². The lowest BCUT2D eigenvalue weighted by molar-refractivity contribution is -0.135. The molecule has 1 unspecified atom stereocenters. The van der Waals surface area contributed by atoms with Crippen LogP contribution < -0.4 is 16.6 Å². The molecule has 1 amide bonds. The van der Waals surface area contributed by atoms with Crippen molar-refractivity contribution in [2.24, 2.45) is 18.7 Å². The summed E-state index contributed by atoms with van der Waals surface area (Å²) in [5.41, 5.74) is 6.37. The zero-order valence-electron chi connectivity index (χ0n) is 14.7. The Morgan fingerprint density at radius 3 is 2.64 bits per heavy atom. The second-order valence-corrected chi connectivity index (χ2v) is 6.54. The Morgan fingerprint density at radius 2 is 2.12 bits per heavy atom. The molecular formula is C16H27Cl2N5O2. The standard InChI is InChI=1S/C16H26ClN5O2.ClH/c1-11(10-18)22(15(24)9-17)16(12-5-7-19-8-6-12)13-3-4-14(23)21(2)20-13;/h3-4,11-12,16,19H,5-10,18H2,1-2H3;1H/t11-,16?;/m0./s1. The van der Waals surface area contributed by atoms with Gasteiger partial charge in [0.2, 0.25) is 5.91 Å². The normalized spacial score (nSPS) is 17.4. The van der Waals surface area contributed by atoms with Crippen molar-refractivity contribution in [3.8, 4) is 0 Å². The summed E-state index contributed by atoms with van der Waals surface area (Å²) in [6, 6.07) is 2.82. The number of hydrogen-bond acceptors (Lipinski definition) is 5. The van der Waals surface area contributed by atoms with Gasteiger partial charge in [-0.25, -0.2) is 4.68 Å². The lowest BCUT2D eigenvalue weighted by Gasteiger charge is -2.41. The second-order valence-electron chi connectivity index (χ2n) is 6.27. The maximum Gasteiger partial charge on any atom is 0.266 e. The van der Waals surface area contributed by atoms with Gasteiger partial charge in [-0.1, -0.05) is 0 Å². The van der Waals surface area contributed by atoms with Crippen LogP contribution in [0.25, 0.3) is 0 Å². The zero-order chi connectivity index (χ0) is 17.7. The average molecular weight is 392 g/mol.